The van der Waals surface area contributed by atoms with Gasteiger partial charge in [-0.05, 0) is 12.8 Å². The SMILES string of the molecule is NCc1cnc(C2CCOCC2)[nH]c1=O. The van der Waals surface area contributed by atoms with Gasteiger partial charge in [0.25, 0.3) is 5.56 Å². The van der Waals surface area contributed by atoms with Crippen LogP contribution in [0.15, 0.2) is 11.0 Å². The van der Waals surface area contributed by atoms with Gasteiger partial charge in [-0.2, -0.15) is 0 Å². The molecule has 0 unspecified atom stereocenters. The monoisotopic (exact) mass is 209 g/mol. The smallest absolute Gasteiger partial charge is 0.255 e. The molecule has 0 bridgehead atoms. The van der Waals surface area contributed by atoms with E-state index in [1.54, 1.807) is 6.20 Å². The van der Waals surface area contributed by atoms with Crippen LogP contribution in [0.5, 0.6) is 0 Å². The van der Waals surface area contributed by atoms with Crippen LogP contribution in [0.4, 0.5) is 0 Å². The maximum Gasteiger partial charge on any atom is 0.255 e. The summed E-state index contributed by atoms with van der Waals surface area (Å²) in [5, 5.41) is 0. The maximum absolute atomic E-state index is 11.5. The second kappa shape index (κ2) is 4.55. The maximum atomic E-state index is 11.5. The fourth-order valence-electron chi connectivity index (χ4n) is 1.76. The van der Waals surface area contributed by atoms with Gasteiger partial charge in [0.05, 0.1) is 0 Å². The minimum absolute atomic E-state index is 0.117. The molecule has 5 nitrogen and oxygen atoms in total. The van der Waals surface area contributed by atoms with Crippen LogP contribution in [0.25, 0.3) is 0 Å². The summed E-state index contributed by atoms with van der Waals surface area (Å²) in [5.41, 5.74) is 5.82. The van der Waals surface area contributed by atoms with Gasteiger partial charge in [-0.15, -0.1) is 0 Å². The molecule has 2 heterocycles. The molecule has 0 amide bonds. The Labute approximate surface area is 87.7 Å². The molecule has 5 heteroatoms. The number of nitrogens with zero attached hydrogens (tertiary/aromatic N) is 1. The summed E-state index contributed by atoms with van der Waals surface area (Å²) in [6.07, 6.45) is 3.42. The number of H-pyrrole nitrogens is 1. The van der Waals surface area contributed by atoms with Crippen LogP contribution >= 0.6 is 0 Å². The lowest BCUT2D eigenvalue weighted by Crippen LogP contribution is -2.23. The molecule has 1 fully saturated rings. The molecule has 1 aromatic rings. The molecule has 0 radical (unpaired) electrons. The van der Waals surface area contributed by atoms with Crippen molar-refractivity contribution in [3.05, 3.63) is 27.9 Å². The first-order chi connectivity index (χ1) is 7.31. The highest BCUT2D eigenvalue weighted by Gasteiger charge is 2.18. The van der Waals surface area contributed by atoms with Crippen LogP contribution in [-0.4, -0.2) is 23.2 Å². The van der Waals surface area contributed by atoms with E-state index in [0.717, 1.165) is 31.9 Å². The Kier molecular flexibility index (Phi) is 3.13. The fourth-order valence-corrected chi connectivity index (χ4v) is 1.76. The van der Waals surface area contributed by atoms with E-state index in [1.165, 1.54) is 0 Å². The van der Waals surface area contributed by atoms with Crippen LogP contribution in [0.3, 0.4) is 0 Å². The normalized spacial score (nSPS) is 17.9. The minimum Gasteiger partial charge on any atom is -0.381 e. The highest BCUT2D eigenvalue weighted by molar-refractivity contribution is 5.07. The predicted molar refractivity (Wildman–Crippen MR) is 55.5 cm³/mol. The zero-order valence-corrected chi connectivity index (χ0v) is 8.53. The molecule has 1 aromatic heterocycles. The van der Waals surface area contributed by atoms with Crippen LogP contribution in [0, 0.1) is 0 Å². The van der Waals surface area contributed by atoms with E-state index in [-0.39, 0.29) is 12.1 Å². The van der Waals surface area contributed by atoms with Crippen molar-refractivity contribution in [3.63, 3.8) is 0 Å². The lowest BCUT2D eigenvalue weighted by Gasteiger charge is -2.20. The Morgan fingerprint density at radius 1 is 1.53 bits per heavy atom. The number of aromatic nitrogens is 2. The molecule has 0 saturated carbocycles. The molecular formula is C10H15N3O2. The second-order valence-corrected chi connectivity index (χ2v) is 3.71. The molecule has 1 aliphatic rings. The number of nitrogens with one attached hydrogen (secondary N) is 1. The van der Waals surface area contributed by atoms with Crippen molar-refractivity contribution in [2.75, 3.05) is 13.2 Å². The van der Waals surface area contributed by atoms with E-state index >= 15 is 0 Å². The summed E-state index contributed by atoms with van der Waals surface area (Å²) in [4.78, 5) is 18.5. The summed E-state index contributed by atoms with van der Waals surface area (Å²) < 4.78 is 5.26. The van der Waals surface area contributed by atoms with Gasteiger partial charge < -0.3 is 15.5 Å². The Hall–Kier alpha value is -1.20. The van der Waals surface area contributed by atoms with Gasteiger partial charge in [0.15, 0.2) is 0 Å². The number of hydrogen-bond donors (Lipinski definition) is 2. The molecule has 82 valence electrons. The van der Waals surface area contributed by atoms with Crippen molar-refractivity contribution in [2.24, 2.45) is 5.73 Å². The van der Waals surface area contributed by atoms with Crippen molar-refractivity contribution in [2.45, 2.75) is 25.3 Å². The number of nitrogens with two attached hydrogens (primary N) is 1. The molecule has 0 aliphatic carbocycles. The molecule has 0 spiro atoms. The van der Waals surface area contributed by atoms with E-state index < -0.39 is 0 Å². The lowest BCUT2D eigenvalue weighted by molar-refractivity contribution is 0.0835. The first kappa shape index (κ1) is 10.3. The third kappa shape index (κ3) is 2.24. The van der Waals surface area contributed by atoms with Crippen LogP contribution in [-0.2, 0) is 11.3 Å². The van der Waals surface area contributed by atoms with Gasteiger partial charge in [-0.25, -0.2) is 4.98 Å². The molecular weight excluding hydrogens is 194 g/mol. The van der Waals surface area contributed by atoms with Gasteiger partial charge in [-0.1, -0.05) is 0 Å². The third-order valence-electron chi connectivity index (χ3n) is 2.72. The van der Waals surface area contributed by atoms with Crippen molar-refractivity contribution in [1.82, 2.24) is 9.97 Å². The zero-order chi connectivity index (χ0) is 10.7. The summed E-state index contributed by atoms with van der Waals surface area (Å²) >= 11 is 0. The molecule has 3 N–H and O–H groups in total. The average molecular weight is 209 g/mol. The number of hydrogen-bond acceptors (Lipinski definition) is 4. The topological polar surface area (TPSA) is 81.0 Å². The zero-order valence-electron chi connectivity index (χ0n) is 8.53. The van der Waals surface area contributed by atoms with Crippen molar-refractivity contribution >= 4 is 0 Å². The fraction of sp³-hybridized carbons (Fsp3) is 0.600. The summed E-state index contributed by atoms with van der Waals surface area (Å²) in [5.74, 6) is 1.08. The van der Waals surface area contributed by atoms with Gasteiger partial charge in [-0.3, -0.25) is 4.79 Å². The van der Waals surface area contributed by atoms with Crippen molar-refractivity contribution in [1.29, 1.82) is 0 Å². The number of rotatable bonds is 2. The Morgan fingerprint density at radius 2 is 2.27 bits per heavy atom. The number of ether oxygens (including phenoxy) is 1. The molecule has 0 aromatic carbocycles. The van der Waals surface area contributed by atoms with Crippen molar-refractivity contribution in [3.8, 4) is 0 Å². The highest BCUT2D eigenvalue weighted by atomic mass is 16.5. The van der Waals surface area contributed by atoms with E-state index in [1.807, 2.05) is 0 Å². The Bertz CT molecular complexity index is 382. The predicted octanol–water partition coefficient (Wildman–Crippen LogP) is 0.123. The molecule has 0 atom stereocenters. The summed E-state index contributed by atoms with van der Waals surface area (Å²) in [7, 11) is 0. The molecule has 1 aliphatic heterocycles. The summed E-state index contributed by atoms with van der Waals surface area (Å²) in [6, 6.07) is 0. The van der Waals surface area contributed by atoms with Gasteiger partial charge in [0.2, 0.25) is 0 Å². The second-order valence-electron chi connectivity index (χ2n) is 3.71. The summed E-state index contributed by atoms with van der Waals surface area (Å²) in [6.45, 7) is 1.72. The van der Waals surface area contributed by atoms with E-state index in [9.17, 15) is 4.79 Å². The quantitative estimate of drug-likeness (QED) is 0.725. The first-order valence-electron chi connectivity index (χ1n) is 5.17. The van der Waals surface area contributed by atoms with Crippen molar-refractivity contribution < 1.29 is 4.74 Å². The van der Waals surface area contributed by atoms with E-state index in [4.69, 9.17) is 10.5 Å². The first-order valence-corrected chi connectivity index (χ1v) is 5.17. The van der Waals surface area contributed by atoms with Crippen LogP contribution in [0.1, 0.15) is 30.1 Å². The standard InChI is InChI=1S/C10H15N3O2/c11-5-8-6-12-9(13-10(8)14)7-1-3-15-4-2-7/h6-7H,1-5,11H2,(H,12,13,14). The Morgan fingerprint density at radius 3 is 2.87 bits per heavy atom. The largest absolute Gasteiger partial charge is 0.381 e. The third-order valence-corrected chi connectivity index (χ3v) is 2.72. The molecule has 1 saturated heterocycles. The van der Waals surface area contributed by atoms with E-state index in [0.29, 0.717) is 11.5 Å². The Balaban J connectivity index is 2.21. The van der Waals surface area contributed by atoms with Gasteiger partial charge in [0.1, 0.15) is 5.82 Å². The van der Waals surface area contributed by atoms with Crippen LogP contribution < -0.4 is 11.3 Å². The highest BCUT2D eigenvalue weighted by Crippen LogP contribution is 2.22. The lowest BCUT2D eigenvalue weighted by atomic mass is 9.99. The number of aromatic amines is 1. The van der Waals surface area contributed by atoms with Gasteiger partial charge in [0, 0.05) is 37.4 Å². The minimum atomic E-state index is -0.117. The van der Waals surface area contributed by atoms with Crippen LogP contribution in [0.2, 0.25) is 0 Å². The molecule has 15 heavy (non-hydrogen) atoms. The molecule has 2 rings (SSSR count). The van der Waals surface area contributed by atoms with E-state index in [2.05, 4.69) is 9.97 Å². The average Bonchev–Trinajstić information content (AvgIpc) is 2.30. The van der Waals surface area contributed by atoms with Gasteiger partial charge >= 0.3 is 0 Å².